The molecule has 2 aliphatic rings. The Hall–Kier alpha value is -2.75. The van der Waals surface area contributed by atoms with Gasteiger partial charge in [0, 0.05) is 24.2 Å². The van der Waals surface area contributed by atoms with E-state index in [-0.39, 0.29) is 10.8 Å². The number of amides is 1. The lowest BCUT2D eigenvalue weighted by molar-refractivity contribution is 0.102. The van der Waals surface area contributed by atoms with E-state index in [0.717, 1.165) is 34.7 Å². The van der Waals surface area contributed by atoms with E-state index in [2.05, 4.69) is 17.2 Å². The molecule has 3 heterocycles. The predicted molar refractivity (Wildman–Crippen MR) is 123 cm³/mol. The molecular weight excluding hydrogens is 446 g/mol. The lowest BCUT2D eigenvalue weighted by Gasteiger charge is -2.30. The highest BCUT2D eigenvalue weighted by Crippen LogP contribution is 2.40. The van der Waals surface area contributed by atoms with E-state index in [0.29, 0.717) is 36.3 Å². The fourth-order valence-corrected chi connectivity index (χ4v) is 6.59. The number of benzene rings is 2. The van der Waals surface area contributed by atoms with Crippen LogP contribution in [0.3, 0.4) is 0 Å². The summed E-state index contributed by atoms with van der Waals surface area (Å²) in [7, 11) is -3.55. The highest BCUT2D eigenvalue weighted by atomic mass is 32.2. The van der Waals surface area contributed by atoms with Gasteiger partial charge in [-0.15, -0.1) is 0 Å². The van der Waals surface area contributed by atoms with Crippen LogP contribution in [0.15, 0.2) is 53.4 Å². The third kappa shape index (κ3) is 3.92. The van der Waals surface area contributed by atoms with Crippen LogP contribution in [0.4, 0.5) is 5.13 Å². The zero-order chi connectivity index (χ0) is 22.3. The van der Waals surface area contributed by atoms with Crippen LogP contribution in [0.5, 0.6) is 5.75 Å². The van der Waals surface area contributed by atoms with Crippen molar-refractivity contribution < 1.29 is 17.9 Å². The molecule has 9 heteroatoms. The maximum Gasteiger partial charge on any atom is 0.257 e. The van der Waals surface area contributed by atoms with Gasteiger partial charge >= 0.3 is 0 Å². The molecule has 0 radical (unpaired) electrons. The summed E-state index contributed by atoms with van der Waals surface area (Å²) in [6, 6.07) is 13.8. The summed E-state index contributed by atoms with van der Waals surface area (Å²) in [5.74, 6) is 0.800. The van der Waals surface area contributed by atoms with Gasteiger partial charge < -0.3 is 4.74 Å². The molecule has 0 bridgehead atoms. The summed E-state index contributed by atoms with van der Waals surface area (Å²) in [5.41, 5.74) is 2.11. The number of ether oxygens (including phenoxy) is 1. The van der Waals surface area contributed by atoms with Gasteiger partial charge in [-0.2, -0.15) is 4.31 Å². The first kappa shape index (κ1) is 21.1. The van der Waals surface area contributed by atoms with Crippen LogP contribution in [0.1, 0.15) is 35.0 Å². The topological polar surface area (TPSA) is 88.6 Å². The second kappa shape index (κ2) is 8.31. The number of aromatic nitrogens is 1. The number of hydrogen-bond donors (Lipinski definition) is 1. The van der Waals surface area contributed by atoms with Crippen LogP contribution in [-0.4, -0.2) is 36.7 Å². The Labute approximate surface area is 191 Å². The van der Waals surface area contributed by atoms with Crippen molar-refractivity contribution in [2.75, 3.05) is 18.4 Å². The number of sulfonamides is 1. The second-order valence-electron chi connectivity index (χ2n) is 8.16. The number of para-hydroxylation sites is 1. The predicted octanol–water partition coefficient (Wildman–Crippen LogP) is 4.38. The average molecular weight is 470 g/mol. The Morgan fingerprint density at radius 1 is 1.19 bits per heavy atom. The van der Waals surface area contributed by atoms with E-state index < -0.39 is 10.0 Å². The fourth-order valence-electron chi connectivity index (χ4n) is 4.11. The number of fused-ring (bicyclic) bond motifs is 3. The molecule has 5 rings (SSSR count). The SMILES string of the molecule is C[C@@H]1CCCN(S(=O)(=O)c2ccc(C(=O)Nc3nc4c(s3)COc3ccccc3-4)cc2)C1. The summed E-state index contributed by atoms with van der Waals surface area (Å²) < 4.78 is 33.1. The molecule has 0 saturated carbocycles. The third-order valence-corrected chi connectivity index (χ3v) is 8.62. The van der Waals surface area contributed by atoms with Gasteiger partial charge in [0.15, 0.2) is 5.13 Å². The van der Waals surface area contributed by atoms with E-state index in [1.807, 2.05) is 24.3 Å². The first-order valence-electron chi connectivity index (χ1n) is 10.6. The standard InChI is InChI=1S/C23H23N3O4S2/c1-15-5-4-12-26(13-15)32(28,29)17-10-8-16(9-11-17)22(27)25-23-24-21-18-6-2-3-7-19(18)30-14-20(21)31-23/h2-3,6-11,15H,4-5,12-14H2,1H3,(H,24,25,27)/t15-/m1/s1. The Balaban J connectivity index is 1.32. The third-order valence-electron chi connectivity index (χ3n) is 5.79. The number of piperidine rings is 1. The lowest BCUT2D eigenvalue weighted by Crippen LogP contribution is -2.39. The first-order valence-corrected chi connectivity index (χ1v) is 12.8. The molecule has 7 nitrogen and oxygen atoms in total. The van der Waals surface area contributed by atoms with Crippen molar-refractivity contribution >= 4 is 32.4 Å². The maximum absolute atomic E-state index is 12.9. The van der Waals surface area contributed by atoms with Gasteiger partial charge in [0.1, 0.15) is 12.4 Å². The van der Waals surface area contributed by atoms with Gasteiger partial charge in [-0.1, -0.05) is 30.4 Å². The van der Waals surface area contributed by atoms with E-state index in [4.69, 9.17) is 4.74 Å². The fraction of sp³-hybridized carbons (Fsp3) is 0.304. The van der Waals surface area contributed by atoms with Crippen LogP contribution in [0.2, 0.25) is 0 Å². The van der Waals surface area contributed by atoms with Crippen molar-refractivity contribution in [1.82, 2.24) is 9.29 Å². The largest absolute Gasteiger partial charge is 0.487 e. The van der Waals surface area contributed by atoms with Crippen molar-refractivity contribution in [1.29, 1.82) is 0 Å². The van der Waals surface area contributed by atoms with Crippen LogP contribution >= 0.6 is 11.3 Å². The molecule has 1 N–H and O–H groups in total. The van der Waals surface area contributed by atoms with Crippen molar-refractivity contribution in [3.8, 4) is 17.0 Å². The molecule has 1 saturated heterocycles. The van der Waals surface area contributed by atoms with E-state index in [9.17, 15) is 13.2 Å². The van der Waals surface area contributed by atoms with Crippen molar-refractivity contribution in [2.45, 2.75) is 31.3 Å². The van der Waals surface area contributed by atoms with Gasteiger partial charge in [0.2, 0.25) is 10.0 Å². The summed E-state index contributed by atoms with van der Waals surface area (Å²) >= 11 is 1.38. The summed E-state index contributed by atoms with van der Waals surface area (Å²) in [6.45, 7) is 3.56. The monoisotopic (exact) mass is 469 g/mol. The van der Waals surface area contributed by atoms with Crippen molar-refractivity contribution in [3.05, 3.63) is 59.0 Å². The smallest absolute Gasteiger partial charge is 0.257 e. The first-order chi connectivity index (χ1) is 15.4. The number of carbonyl (C=O) groups excluding carboxylic acids is 1. The molecule has 1 fully saturated rings. The number of nitrogens with zero attached hydrogens (tertiary/aromatic N) is 2. The van der Waals surface area contributed by atoms with Crippen molar-refractivity contribution in [2.24, 2.45) is 5.92 Å². The number of thiazole rings is 1. The van der Waals surface area contributed by atoms with Crippen LogP contribution < -0.4 is 10.1 Å². The second-order valence-corrected chi connectivity index (χ2v) is 11.2. The minimum atomic E-state index is -3.55. The normalized spacial score (nSPS) is 18.3. The van der Waals surface area contributed by atoms with Gasteiger partial charge in [0.05, 0.1) is 15.5 Å². The van der Waals surface area contributed by atoms with Crippen LogP contribution in [0.25, 0.3) is 11.3 Å². The van der Waals surface area contributed by atoms with Gasteiger partial charge in [-0.3, -0.25) is 10.1 Å². The van der Waals surface area contributed by atoms with E-state index in [1.165, 1.54) is 27.8 Å². The highest BCUT2D eigenvalue weighted by Gasteiger charge is 2.29. The minimum Gasteiger partial charge on any atom is -0.487 e. The summed E-state index contributed by atoms with van der Waals surface area (Å²) in [6.07, 6.45) is 1.91. The Morgan fingerprint density at radius 2 is 1.97 bits per heavy atom. The lowest BCUT2D eigenvalue weighted by atomic mass is 10.0. The molecule has 166 valence electrons. The number of nitrogens with one attached hydrogen (secondary N) is 1. The minimum absolute atomic E-state index is 0.210. The van der Waals surface area contributed by atoms with Gasteiger partial charge in [-0.25, -0.2) is 13.4 Å². The molecule has 2 aromatic carbocycles. The maximum atomic E-state index is 12.9. The van der Waals surface area contributed by atoms with Gasteiger partial charge in [-0.05, 0) is 55.2 Å². The highest BCUT2D eigenvalue weighted by molar-refractivity contribution is 7.89. The molecule has 1 amide bonds. The average Bonchev–Trinajstić information content (AvgIpc) is 3.22. The molecule has 1 atom stereocenters. The molecule has 0 unspecified atom stereocenters. The van der Waals surface area contributed by atoms with Crippen molar-refractivity contribution in [3.63, 3.8) is 0 Å². The van der Waals surface area contributed by atoms with E-state index >= 15 is 0 Å². The molecular formula is C23H23N3O4S2. The molecule has 32 heavy (non-hydrogen) atoms. The molecule has 2 aliphatic heterocycles. The molecule has 0 spiro atoms. The number of hydrogen-bond acceptors (Lipinski definition) is 6. The van der Waals surface area contributed by atoms with Crippen LogP contribution in [0, 0.1) is 5.92 Å². The Kier molecular flexibility index (Phi) is 5.48. The molecule has 1 aromatic heterocycles. The molecule has 0 aliphatic carbocycles. The number of rotatable bonds is 4. The number of anilines is 1. The Bertz CT molecular complexity index is 1270. The van der Waals surface area contributed by atoms with Crippen LogP contribution in [-0.2, 0) is 16.6 Å². The summed E-state index contributed by atoms with van der Waals surface area (Å²) in [4.78, 5) is 18.5. The number of carbonyl (C=O) groups is 1. The Morgan fingerprint density at radius 3 is 2.75 bits per heavy atom. The molecule has 3 aromatic rings. The van der Waals surface area contributed by atoms with E-state index in [1.54, 1.807) is 12.1 Å². The zero-order valence-electron chi connectivity index (χ0n) is 17.6. The van der Waals surface area contributed by atoms with Gasteiger partial charge in [0.25, 0.3) is 5.91 Å². The zero-order valence-corrected chi connectivity index (χ0v) is 19.2. The quantitative estimate of drug-likeness (QED) is 0.613. The summed E-state index contributed by atoms with van der Waals surface area (Å²) in [5, 5.41) is 3.31.